The Labute approximate surface area is 199 Å². The van der Waals surface area contributed by atoms with Crippen molar-refractivity contribution in [3.8, 4) is 11.4 Å². The molecule has 0 amide bonds. The predicted octanol–water partition coefficient (Wildman–Crippen LogP) is 3.33. The summed E-state index contributed by atoms with van der Waals surface area (Å²) < 4.78 is 60.7. The van der Waals surface area contributed by atoms with E-state index in [4.69, 9.17) is 4.74 Å². The number of halogens is 2. The molecule has 0 saturated carbocycles. The first-order chi connectivity index (χ1) is 16.1. The molecule has 1 aliphatic heterocycles. The van der Waals surface area contributed by atoms with Gasteiger partial charge in [-0.1, -0.05) is 26.2 Å². The van der Waals surface area contributed by atoms with Crippen LogP contribution < -0.4 is 15.2 Å². The Bertz CT molecular complexity index is 1130. The van der Waals surface area contributed by atoms with Crippen LogP contribution in [0.2, 0.25) is 0 Å². The van der Waals surface area contributed by atoms with Crippen LogP contribution in [0, 0.1) is 11.6 Å². The van der Waals surface area contributed by atoms with Gasteiger partial charge < -0.3 is 9.64 Å². The number of hydrogen-bond donors (Lipinski definition) is 0. The molecule has 0 atom stereocenters. The van der Waals surface area contributed by atoms with Crippen molar-refractivity contribution in [2.75, 3.05) is 37.7 Å². The van der Waals surface area contributed by atoms with Crippen molar-refractivity contribution < 1.29 is 21.9 Å². The second-order valence-corrected chi connectivity index (χ2v) is 11.1. The largest absolute Gasteiger partial charge is 0.486 e. The molecule has 3 rings (SSSR count). The summed E-state index contributed by atoms with van der Waals surface area (Å²) in [5, 5.41) is 3.62. The lowest BCUT2D eigenvalue weighted by atomic mass is 10.2. The van der Waals surface area contributed by atoms with E-state index in [0.717, 1.165) is 48.6 Å². The summed E-state index contributed by atoms with van der Waals surface area (Å²) >= 11 is 0. The molecule has 8 nitrogen and oxygen atoms in total. The Morgan fingerprint density at radius 3 is 2.26 bits per heavy atom. The Hall–Kier alpha value is -2.53. The quantitative estimate of drug-likeness (QED) is 0.467. The fourth-order valence-corrected chi connectivity index (χ4v) is 5.09. The highest BCUT2D eigenvalue weighted by atomic mass is 32.2. The van der Waals surface area contributed by atoms with Crippen molar-refractivity contribution in [3.05, 3.63) is 46.4 Å². The van der Waals surface area contributed by atoms with Gasteiger partial charge in [-0.2, -0.15) is 14.1 Å². The number of hydrogen-bond acceptors (Lipinski definition) is 6. The van der Waals surface area contributed by atoms with Gasteiger partial charge in [-0.15, -0.1) is 0 Å². The Morgan fingerprint density at radius 2 is 1.68 bits per heavy atom. The van der Waals surface area contributed by atoms with E-state index >= 15 is 0 Å². The number of aromatic nitrogens is 2. The lowest BCUT2D eigenvalue weighted by molar-refractivity contribution is 0.297. The van der Waals surface area contributed by atoms with Gasteiger partial charge in [0.25, 0.3) is 0 Å². The molecule has 188 valence electrons. The van der Waals surface area contributed by atoms with Crippen LogP contribution in [-0.2, 0) is 10.0 Å². The van der Waals surface area contributed by atoms with Gasteiger partial charge in [-0.25, -0.2) is 17.2 Å². The van der Waals surface area contributed by atoms with Crippen LogP contribution >= 0.6 is 0 Å². The Kier molecular flexibility index (Phi) is 8.64. The zero-order chi connectivity index (χ0) is 24.9. The summed E-state index contributed by atoms with van der Waals surface area (Å²) in [6, 6.07) is 2.77. The number of sulfonamides is 1. The minimum absolute atomic E-state index is 0.0383. The summed E-state index contributed by atoms with van der Waals surface area (Å²) in [5.74, 6) is -1.61. The van der Waals surface area contributed by atoms with E-state index in [0.29, 0.717) is 25.4 Å². The molecule has 1 fully saturated rings. The maximum atomic E-state index is 13.8. The summed E-state index contributed by atoms with van der Waals surface area (Å²) in [7, 11) is -3.37. The first-order valence-electron chi connectivity index (χ1n) is 11.6. The number of benzene rings is 1. The second-order valence-electron chi connectivity index (χ2n) is 8.59. The zero-order valence-corrected chi connectivity index (χ0v) is 20.7. The maximum absolute atomic E-state index is 13.8. The van der Waals surface area contributed by atoms with Crippen LogP contribution in [0.15, 0.2) is 29.2 Å². The molecule has 0 bridgehead atoms. The van der Waals surface area contributed by atoms with Gasteiger partial charge in [0.1, 0.15) is 17.3 Å². The van der Waals surface area contributed by atoms with Gasteiger partial charge in [0.05, 0.1) is 23.7 Å². The molecule has 1 aromatic heterocycles. The van der Waals surface area contributed by atoms with Crippen molar-refractivity contribution in [2.45, 2.75) is 51.7 Å². The zero-order valence-electron chi connectivity index (χ0n) is 19.8. The molecule has 0 aliphatic carbocycles. The third-order valence-corrected chi connectivity index (χ3v) is 8.06. The van der Waals surface area contributed by atoms with Crippen molar-refractivity contribution in [1.29, 1.82) is 0 Å². The summed E-state index contributed by atoms with van der Waals surface area (Å²) in [5.41, 5.74) is -0.233. The first kappa shape index (κ1) is 26.1. The maximum Gasteiger partial charge on any atom is 0.316 e. The SMILES string of the molecule is CCCCCCOc1c(N2CCN(S(=O)(=O)C(C)C)CC2)cnn(-c2cc(F)cc(F)c2)c1=O. The minimum Gasteiger partial charge on any atom is -0.486 e. The molecule has 1 aromatic carbocycles. The molecule has 0 N–H and O–H groups in total. The molecule has 2 heterocycles. The topological polar surface area (TPSA) is 84.7 Å². The highest BCUT2D eigenvalue weighted by Gasteiger charge is 2.31. The molecule has 34 heavy (non-hydrogen) atoms. The van der Waals surface area contributed by atoms with Crippen LogP contribution in [0.3, 0.4) is 0 Å². The summed E-state index contributed by atoms with van der Waals surface area (Å²) in [6.07, 6.45) is 5.24. The molecule has 0 radical (unpaired) electrons. The average molecular weight is 499 g/mol. The monoisotopic (exact) mass is 498 g/mol. The lowest BCUT2D eigenvalue weighted by Gasteiger charge is -2.36. The predicted molar refractivity (Wildman–Crippen MR) is 127 cm³/mol. The lowest BCUT2D eigenvalue weighted by Crippen LogP contribution is -2.50. The van der Waals surface area contributed by atoms with Crippen molar-refractivity contribution in [3.63, 3.8) is 0 Å². The van der Waals surface area contributed by atoms with Gasteiger partial charge in [0.2, 0.25) is 15.8 Å². The van der Waals surface area contributed by atoms with Gasteiger partial charge in [-0.05, 0) is 32.4 Å². The molecule has 1 saturated heterocycles. The molecule has 0 spiro atoms. The van der Waals surface area contributed by atoms with E-state index < -0.39 is 32.5 Å². The highest BCUT2D eigenvalue weighted by Crippen LogP contribution is 2.27. The normalized spacial score (nSPS) is 15.2. The summed E-state index contributed by atoms with van der Waals surface area (Å²) in [4.78, 5) is 15.1. The number of ether oxygens (including phenoxy) is 1. The van der Waals surface area contributed by atoms with Gasteiger partial charge >= 0.3 is 5.56 Å². The van der Waals surface area contributed by atoms with Crippen molar-refractivity contribution in [2.24, 2.45) is 0 Å². The molecule has 2 aromatic rings. The molecule has 0 unspecified atom stereocenters. The minimum atomic E-state index is -3.37. The van der Waals surface area contributed by atoms with Crippen molar-refractivity contribution in [1.82, 2.24) is 14.1 Å². The van der Waals surface area contributed by atoms with E-state index in [1.807, 2.05) is 4.90 Å². The fourth-order valence-electron chi connectivity index (χ4n) is 3.82. The van der Waals surface area contributed by atoms with E-state index in [-0.39, 0.29) is 24.5 Å². The Morgan fingerprint density at radius 1 is 1.03 bits per heavy atom. The smallest absolute Gasteiger partial charge is 0.316 e. The Balaban J connectivity index is 1.90. The number of anilines is 1. The van der Waals surface area contributed by atoms with Gasteiger partial charge in [0, 0.05) is 32.2 Å². The molecular formula is C23H32F2N4O4S. The summed E-state index contributed by atoms with van der Waals surface area (Å²) in [6.45, 7) is 6.96. The van der Waals surface area contributed by atoms with Crippen molar-refractivity contribution >= 4 is 15.7 Å². The molecule has 11 heteroatoms. The van der Waals surface area contributed by atoms with E-state index in [2.05, 4.69) is 12.0 Å². The molecular weight excluding hydrogens is 466 g/mol. The number of piperazine rings is 1. The average Bonchev–Trinajstić information content (AvgIpc) is 2.79. The van der Waals surface area contributed by atoms with Crippen LogP contribution in [0.5, 0.6) is 5.75 Å². The van der Waals surface area contributed by atoms with Crippen LogP contribution in [0.4, 0.5) is 14.5 Å². The van der Waals surface area contributed by atoms with E-state index in [1.165, 1.54) is 10.5 Å². The van der Waals surface area contributed by atoms with Crippen LogP contribution in [0.25, 0.3) is 5.69 Å². The number of nitrogens with zero attached hydrogens (tertiary/aromatic N) is 4. The van der Waals surface area contributed by atoms with Gasteiger partial charge in [-0.3, -0.25) is 4.79 Å². The highest BCUT2D eigenvalue weighted by molar-refractivity contribution is 7.89. The first-order valence-corrected chi connectivity index (χ1v) is 13.1. The third-order valence-electron chi connectivity index (χ3n) is 5.79. The molecule has 1 aliphatic rings. The second kappa shape index (κ2) is 11.3. The third kappa shape index (κ3) is 5.93. The fraction of sp³-hybridized carbons (Fsp3) is 0.565. The van der Waals surface area contributed by atoms with E-state index in [9.17, 15) is 22.0 Å². The standard InChI is InChI=1S/C23H32F2N4O4S/c1-4-5-6-7-12-33-22-21(27-8-10-28(11-9-27)34(31,32)17(2)3)16-26-29(23(22)30)20-14-18(24)13-19(25)15-20/h13-17H,4-12H2,1-3H3. The van der Waals surface area contributed by atoms with E-state index in [1.54, 1.807) is 13.8 Å². The van der Waals surface area contributed by atoms with Crippen LogP contribution in [0.1, 0.15) is 46.5 Å². The number of rotatable bonds is 10. The van der Waals surface area contributed by atoms with Crippen LogP contribution in [-0.4, -0.2) is 60.5 Å². The van der Waals surface area contributed by atoms with Gasteiger partial charge in [0.15, 0.2) is 0 Å². The number of unbranched alkanes of at least 4 members (excludes halogenated alkanes) is 3.